The lowest BCUT2D eigenvalue weighted by Crippen LogP contribution is -2.53. The average molecular weight is 389 g/mol. The van der Waals surface area contributed by atoms with E-state index in [0.29, 0.717) is 46.7 Å². The highest BCUT2D eigenvalue weighted by Crippen LogP contribution is 2.52. The van der Waals surface area contributed by atoms with Crippen LogP contribution in [0.2, 0.25) is 10.0 Å². The van der Waals surface area contributed by atoms with Gasteiger partial charge in [0.25, 0.3) is 0 Å². The molecule has 1 N–H and O–H groups in total. The minimum absolute atomic E-state index is 0.364. The van der Waals surface area contributed by atoms with Crippen LogP contribution in [0.4, 0.5) is 5.82 Å². The van der Waals surface area contributed by atoms with Gasteiger partial charge >= 0.3 is 5.97 Å². The van der Waals surface area contributed by atoms with Gasteiger partial charge in [0, 0.05) is 30.4 Å². The van der Waals surface area contributed by atoms with E-state index < -0.39 is 11.5 Å². The second-order valence-corrected chi connectivity index (χ2v) is 7.73. The molecule has 1 saturated carbocycles. The Hall–Kier alpha value is -2.31. The van der Waals surface area contributed by atoms with E-state index in [2.05, 4.69) is 4.98 Å². The molecule has 6 nitrogen and oxygen atoms in total. The molecule has 1 aliphatic carbocycles. The summed E-state index contributed by atoms with van der Waals surface area (Å²) < 4.78 is 1.87. The Balaban J connectivity index is 1.77. The van der Waals surface area contributed by atoms with E-state index in [9.17, 15) is 9.90 Å². The number of hydrogen-bond acceptors (Lipinski definition) is 4. The number of aliphatic carboxylic acids is 1. The highest BCUT2D eigenvalue weighted by Gasteiger charge is 2.61. The van der Waals surface area contributed by atoms with Gasteiger partial charge in [-0.2, -0.15) is 0 Å². The average Bonchev–Trinajstić information content (AvgIpc) is 3.31. The summed E-state index contributed by atoms with van der Waals surface area (Å²) in [7, 11) is 0. The van der Waals surface area contributed by atoms with Crippen LogP contribution < -0.4 is 4.90 Å². The molecule has 3 aromatic rings. The monoisotopic (exact) mass is 388 g/mol. The Morgan fingerprint density at radius 2 is 2.12 bits per heavy atom. The van der Waals surface area contributed by atoms with Crippen molar-refractivity contribution >= 4 is 45.9 Å². The summed E-state index contributed by atoms with van der Waals surface area (Å²) >= 11 is 12.6. The van der Waals surface area contributed by atoms with Crippen LogP contribution in [0.5, 0.6) is 0 Å². The maximum atomic E-state index is 11.9. The molecule has 3 aliphatic rings. The molecule has 0 atom stereocenters. The first-order chi connectivity index (χ1) is 12.5. The molecule has 132 valence electrons. The molecule has 26 heavy (non-hydrogen) atoms. The fourth-order valence-corrected chi connectivity index (χ4v) is 4.60. The Bertz CT molecular complexity index is 1050. The molecular weight excluding hydrogens is 375 g/mol. The van der Waals surface area contributed by atoms with Gasteiger partial charge in [0.05, 0.1) is 27.6 Å². The van der Waals surface area contributed by atoms with Crippen molar-refractivity contribution in [2.45, 2.75) is 18.4 Å². The molecule has 8 heteroatoms. The SMILES string of the molecule is O=C(O)C12CC(CN1c1cc(-n3ccnc3)c3ccc(Cl)c(Cl)c3n1)C2. The smallest absolute Gasteiger partial charge is 0.329 e. The fourth-order valence-electron chi connectivity index (χ4n) is 4.24. The van der Waals surface area contributed by atoms with Crippen molar-refractivity contribution in [2.24, 2.45) is 5.92 Å². The number of aromatic nitrogens is 3. The number of hydrogen-bond donors (Lipinski definition) is 1. The van der Waals surface area contributed by atoms with Gasteiger partial charge in [-0.25, -0.2) is 14.8 Å². The number of carboxylic acids is 1. The lowest BCUT2D eigenvalue weighted by molar-refractivity contribution is -0.145. The topological polar surface area (TPSA) is 71.2 Å². The van der Waals surface area contributed by atoms with Gasteiger partial charge < -0.3 is 14.6 Å². The zero-order chi connectivity index (χ0) is 18.1. The molecule has 1 aromatic carbocycles. The van der Waals surface area contributed by atoms with Crippen LogP contribution in [-0.2, 0) is 4.79 Å². The minimum atomic E-state index is -0.859. The largest absolute Gasteiger partial charge is 0.479 e. The Kier molecular flexibility index (Phi) is 3.27. The van der Waals surface area contributed by atoms with Gasteiger partial charge in [-0.05, 0) is 30.9 Å². The zero-order valence-corrected chi connectivity index (χ0v) is 15.1. The molecule has 2 aromatic heterocycles. The Morgan fingerprint density at radius 3 is 2.81 bits per heavy atom. The van der Waals surface area contributed by atoms with Crippen LogP contribution in [0.3, 0.4) is 0 Å². The van der Waals surface area contributed by atoms with E-state index >= 15 is 0 Å². The molecule has 0 amide bonds. The van der Waals surface area contributed by atoms with Gasteiger partial charge in [-0.15, -0.1) is 0 Å². The van der Waals surface area contributed by atoms with Crippen LogP contribution in [0, 0.1) is 5.92 Å². The van der Waals surface area contributed by atoms with E-state index in [0.717, 1.165) is 11.1 Å². The zero-order valence-electron chi connectivity index (χ0n) is 13.6. The number of halogens is 2. The summed E-state index contributed by atoms with van der Waals surface area (Å²) in [4.78, 5) is 22.6. The van der Waals surface area contributed by atoms with Crippen LogP contribution in [0.1, 0.15) is 12.8 Å². The van der Waals surface area contributed by atoms with Crippen molar-refractivity contribution in [1.82, 2.24) is 14.5 Å². The third-order valence-electron chi connectivity index (χ3n) is 5.50. The fraction of sp³-hybridized carbons (Fsp3) is 0.278. The number of imidazole rings is 1. The van der Waals surface area contributed by atoms with Crippen molar-refractivity contribution in [1.29, 1.82) is 0 Å². The van der Waals surface area contributed by atoms with Crippen molar-refractivity contribution in [3.05, 3.63) is 47.0 Å². The van der Waals surface area contributed by atoms with E-state index in [1.807, 2.05) is 27.8 Å². The summed E-state index contributed by atoms with van der Waals surface area (Å²) in [6.45, 7) is 0.687. The molecule has 0 unspecified atom stereocenters. The van der Waals surface area contributed by atoms with Gasteiger partial charge in [-0.1, -0.05) is 23.2 Å². The third-order valence-corrected chi connectivity index (χ3v) is 6.30. The maximum absolute atomic E-state index is 11.9. The quantitative estimate of drug-likeness (QED) is 0.738. The number of fused-ring (bicyclic) bond motifs is 2. The predicted octanol–water partition coefficient (Wildman–Crippen LogP) is 3.78. The van der Waals surface area contributed by atoms with Gasteiger partial charge in [-0.3, -0.25) is 0 Å². The Morgan fingerprint density at radius 1 is 1.31 bits per heavy atom. The van der Waals surface area contributed by atoms with Gasteiger partial charge in [0.1, 0.15) is 11.4 Å². The molecule has 0 radical (unpaired) electrons. The molecule has 0 spiro atoms. The number of anilines is 1. The van der Waals surface area contributed by atoms with Crippen LogP contribution in [0.25, 0.3) is 16.6 Å². The second kappa shape index (κ2) is 5.34. The van der Waals surface area contributed by atoms with Crippen molar-refractivity contribution in [3.8, 4) is 5.69 Å². The lowest BCUT2D eigenvalue weighted by atomic mass is 9.73. The number of rotatable bonds is 3. The van der Waals surface area contributed by atoms with E-state index in [-0.39, 0.29) is 0 Å². The van der Waals surface area contributed by atoms with Crippen LogP contribution in [0.15, 0.2) is 36.9 Å². The van der Waals surface area contributed by atoms with E-state index in [4.69, 9.17) is 28.2 Å². The molecule has 2 bridgehead atoms. The number of pyridine rings is 1. The van der Waals surface area contributed by atoms with Gasteiger partial charge in [0.2, 0.25) is 0 Å². The highest BCUT2D eigenvalue weighted by molar-refractivity contribution is 6.45. The van der Waals surface area contributed by atoms with E-state index in [1.165, 1.54) is 0 Å². The third kappa shape index (κ3) is 2.03. The summed E-state index contributed by atoms with van der Waals surface area (Å²) in [6.07, 6.45) is 6.53. The summed E-state index contributed by atoms with van der Waals surface area (Å²) in [5, 5.41) is 11.4. The summed E-state index contributed by atoms with van der Waals surface area (Å²) in [5.41, 5.74) is 0.540. The molecule has 2 aliphatic heterocycles. The van der Waals surface area contributed by atoms with Crippen molar-refractivity contribution in [2.75, 3.05) is 11.4 Å². The van der Waals surface area contributed by atoms with Crippen molar-refractivity contribution in [3.63, 3.8) is 0 Å². The molecule has 2 saturated heterocycles. The first-order valence-electron chi connectivity index (χ1n) is 8.28. The molecular formula is C18H14Cl2N4O2. The van der Waals surface area contributed by atoms with Crippen molar-refractivity contribution < 1.29 is 9.90 Å². The number of carboxylic acid groups (broad SMARTS) is 1. The van der Waals surface area contributed by atoms with E-state index in [1.54, 1.807) is 18.6 Å². The number of nitrogens with zero attached hydrogens (tertiary/aromatic N) is 4. The second-order valence-electron chi connectivity index (χ2n) is 6.95. The Labute approximate surface area is 159 Å². The van der Waals surface area contributed by atoms with Gasteiger partial charge in [0.15, 0.2) is 0 Å². The molecule has 4 heterocycles. The number of carbonyl (C=O) groups is 1. The van der Waals surface area contributed by atoms with Crippen LogP contribution in [-0.4, -0.2) is 37.7 Å². The minimum Gasteiger partial charge on any atom is -0.479 e. The number of benzene rings is 1. The van der Waals surface area contributed by atoms with Crippen LogP contribution >= 0.6 is 23.2 Å². The highest BCUT2D eigenvalue weighted by atomic mass is 35.5. The normalized spacial score (nSPS) is 24.1. The molecule has 6 rings (SSSR count). The summed E-state index contributed by atoms with van der Waals surface area (Å²) in [6, 6.07) is 5.51. The first kappa shape index (κ1) is 15.9. The predicted molar refractivity (Wildman–Crippen MR) is 99.3 cm³/mol. The first-order valence-corrected chi connectivity index (χ1v) is 9.03. The lowest BCUT2D eigenvalue weighted by Gasteiger charge is -2.38. The summed E-state index contributed by atoms with van der Waals surface area (Å²) in [5.74, 6) is 0.206. The standard InChI is InChI=1S/C18H14Cl2N4O2/c19-12-2-1-11-13(23-4-3-21-9-23)5-14(22-16(11)15(12)20)24-8-10-6-18(24,7-10)17(25)26/h1-5,9-10H,6-8H2,(H,25,26). The molecule has 3 fully saturated rings. The maximum Gasteiger partial charge on any atom is 0.329 e.